The quantitative estimate of drug-likeness (QED) is 0.686. The minimum absolute atomic E-state index is 0.104. The van der Waals surface area contributed by atoms with Crippen LogP contribution in [0.25, 0.3) is 11.1 Å². The fourth-order valence-corrected chi connectivity index (χ4v) is 2.04. The molecular formula is C13H7ClO2. The number of rotatable bonds is 2. The lowest BCUT2D eigenvalue weighted by atomic mass is 10.1. The van der Waals surface area contributed by atoms with Crippen molar-refractivity contribution in [3.05, 3.63) is 52.5 Å². The lowest BCUT2D eigenvalue weighted by molar-refractivity contribution is 0.103. The second-order valence-electron chi connectivity index (χ2n) is 3.72. The lowest BCUT2D eigenvalue weighted by Crippen LogP contribution is -1.99. The zero-order valence-corrected chi connectivity index (χ0v) is 8.95. The molecule has 3 rings (SSSR count). The summed E-state index contributed by atoms with van der Waals surface area (Å²) in [4.78, 5) is 12.1. The number of ketones is 1. The number of aromatic hydroxyl groups is 1. The summed E-state index contributed by atoms with van der Waals surface area (Å²) in [6, 6.07) is 10.3. The van der Waals surface area contributed by atoms with Gasteiger partial charge in [-0.15, -0.1) is 0 Å². The van der Waals surface area contributed by atoms with E-state index in [-0.39, 0.29) is 11.5 Å². The van der Waals surface area contributed by atoms with Crippen molar-refractivity contribution in [1.82, 2.24) is 0 Å². The van der Waals surface area contributed by atoms with Crippen LogP contribution in [0.4, 0.5) is 0 Å². The highest BCUT2D eigenvalue weighted by Crippen LogP contribution is 2.53. The smallest absolute Gasteiger partial charge is 0.193 e. The van der Waals surface area contributed by atoms with Crippen molar-refractivity contribution in [2.24, 2.45) is 0 Å². The molecule has 0 unspecified atom stereocenters. The second kappa shape index (κ2) is 3.09. The number of phenols is 1. The highest BCUT2D eigenvalue weighted by Gasteiger charge is 2.31. The number of fused-ring (bicyclic) bond motifs is 1. The highest BCUT2D eigenvalue weighted by atomic mass is 35.5. The van der Waals surface area contributed by atoms with Crippen LogP contribution >= 0.6 is 11.6 Å². The Balaban J connectivity index is 2.03. The van der Waals surface area contributed by atoms with E-state index in [0.717, 1.165) is 5.56 Å². The minimum atomic E-state index is -0.104. The number of hydrogen-bond acceptors (Lipinski definition) is 2. The Kier molecular flexibility index (Phi) is 1.82. The summed E-state index contributed by atoms with van der Waals surface area (Å²) in [6.07, 6.45) is 0. The number of hydrogen-bond donors (Lipinski definition) is 1. The Morgan fingerprint density at radius 3 is 2.62 bits per heavy atom. The van der Waals surface area contributed by atoms with Gasteiger partial charge in [0, 0.05) is 27.3 Å². The molecule has 2 nitrogen and oxygen atoms in total. The lowest BCUT2D eigenvalue weighted by Gasteiger charge is -1.99. The van der Waals surface area contributed by atoms with Crippen LogP contribution in [0.2, 0.25) is 5.02 Å². The molecule has 1 aromatic carbocycles. The summed E-state index contributed by atoms with van der Waals surface area (Å²) < 4.78 is 0. The number of benzene rings is 2. The van der Waals surface area contributed by atoms with Crippen molar-refractivity contribution in [3.63, 3.8) is 0 Å². The number of carbonyl (C=O) groups is 1. The van der Waals surface area contributed by atoms with Crippen molar-refractivity contribution in [3.8, 4) is 16.9 Å². The topological polar surface area (TPSA) is 37.3 Å². The van der Waals surface area contributed by atoms with E-state index in [2.05, 4.69) is 0 Å². The van der Waals surface area contributed by atoms with Crippen molar-refractivity contribution in [2.75, 3.05) is 0 Å². The van der Waals surface area contributed by atoms with Gasteiger partial charge in [0.15, 0.2) is 5.78 Å². The molecule has 2 aliphatic rings. The maximum atomic E-state index is 12.1. The Labute approximate surface area is 97.1 Å². The molecule has 0 bridgehead atoms. The fourth-order valence-electron chi connectivity index (χ4n) is 1.85. The van der Waals surface area contributed by atoms with Crippen LogP contribution in [0.3, 0.4) is 0 Å². The van der Waals surface area contributed by atoms with Gasteiger partial charge in [-0.05, 0) is 24.3 Å². The third-order valence-corrected chi connectivity index (χ3v) is 2.95. The molecule has 0 fully saturated rings. The second-order valence-corrected chi connectivity index (χ2v) is 4.16. The Hall–Kier alpha value is -1.80. The molecule has 0 aliphatic heterocycles. The summed E-state index contributed by atoms with van der Waals surface area (Å²) in [6.45, 7) is 0. The van der Waals surface area contributed by atoms with E-state index in [9.17, 15) is 9.90 Å². The predicted octanol–water partition coefficient (Wildman–Crippen LogP) is 3.26. The molecule has 2 aliphatic carbocycles. The van der Waals surface area contributed by atoms with Gasteiger partial charge in [0.2, 0.25) is 0 Å². The van der Waals surface area contributed by atoms with Gasteiger partial charge in [-0.1, -0.05) is 23.7 Å². The van der Waals surface area contributed by atoms with Crippen LogP contribution < -0.4 is 0 Å². The summed E-state index contributed by atoms with van der Waals surface area (Å²) in [5, 5.41) is 9.89. The molecule has 78 valence electrons. The first-order valence-electron chi connectivity index (χ1n) is 4.85. The van der Waals surface area contributed by atoms with Crippen LogP contribution in [0.15, 0.2) is 36.4 Å². The maximum absolute atomic E-state index is 12.1. The average Bonchev–Trinajstić information content (AvgIpc) is 2.76. The minimum Gasteiger partial charge on any atom is -0.507 e. The zero-order chi connectivity index (χ0) is 11.3. The van der Waals surface area contributed by atoms with Gasteiger partial charge in [-0.25, -0.2) is 0 Å². The van der Waals surface area contributed by atoms with Gasteiger partial charge in [-0.3, -0.25) is 4.79 Å². The van der Waals surface area contributed by atoms with Crippen molar-refractivity contribution >= 4 is 17.4 Å². The molecule has 16 heavy (non-hydrogen) atoms. The largest absolute Gasteiger partial charge is 0.507 e. The van der Waals surface area contributed by atoms with E-state index >= 15 is 0 Å². The average molecular weight is 231 g/mol. The zero-order valence-electron chi connectivity index (χ0n) is 8.20. The van der Waals surface area contributed by atoms with E-state index in [1.807, 2.05) is 0 Å². The van der Waals surface area contributed by atoms with Crippen LogP contribution in [-0.4, -0.2) is 10.9 Å². The summed E-state index contributed by atoms with van der Waals surface area (Å²) in [7, 11) is 0. The van der Waals surface area contributed by atoms with Gasteiger partial charge in [0.1, 0.15) is 5.75 Å². The molecule has 0 atom stereocenters. The molecule has 0 amide bonds. The van der Waals surface area contributed by atoms with Crippen LogP contribution in [0.1, 0.15) is 15.9 Å². The third-order valence-electron chi connectivity index (χ3n) is 2.72. The van der Waals surface area contributed by atoms with Gasteiger partial charge >= 0.3 is 0 Å². The van der Waals surface area contributed by atoms with Crippen LogP contribution in [0.5, 0.6) is 5.75 Å². The highest BCUT2D eigenvalue weighted by molar-refractivity contribution is 6.31. The monoisotopic (exact) mass is 230 g/mol. The number of carbonyl (C=O) groups excluding carboxylic acids is 1. The Bertz CT molecular complexity index is 617. The van der Waals surface area contributed by atoms with Gasteiger partial charge in [0.25, 0.3) is 0 Å². The molecule has 0 saturated heterocycles. The van der Waals surface area contributed by atoms with Crippen LogP contribution in [-0.2, 0) is 0 Å². The molecule has 1 aromatic rings. The number of phenolic OH excluding ortho intramolecular Hbond substituents is 1. The van der Waals surface area contributed by atoms with Gasteiger partial charge in [-0.2, -0.15) is 0 Å². The van der Waals surface area contributed by atoms with Gasteiger partial charge < -0.3 is 5.11 Å². The standard InChI is InChI=1S/C13H7ClO2/c14-8-3-1-2-7(6-8)12(15)9-4-5-10-11(9)13(10)16/h1-6,16H. The van der Waals surface area contributed by atoms with Crippen molar-refractivity contribution < 1.29 is 9.90 Å². The molecule has 1 N–H and O–H groups in total. The first-order chi connectivity index (χ1) is 7.68. The molecule has 0 spiro atoms. The normalized spacial score (nSPS) is 11.3. The van der Waals surface area contributed by atoms with Gasteiger partial charge in [0.05, 0.1) is 0 Å². The maximum Gasteiger partial charge on any atom is 0.193 e. The van der Waals surface area contributed by atoms with Crippen LogP contribution in [0, 0.1) is 0 Å². The predicted molar refractivity (Wildman–Crippen MR) is 62.0 cm³/mol. The summed E-state index contributed by atoms with van der Waals surface area (Å²) >= 11 is 5.82. The molecule has 0 aromatic heterocycles. The fraction of sp³-hybridized carbons (Fsp3) is 0. The first kappa shape index (κ1) is 9.43. The molecule has 0 heterocycles. The molecule has 0 radical (unpaired) electrons. The van der Waals surface area contributed by atoms with E-state index in [0.29, 0.717) is 21.7 Å². The Morgan fingerprint density at radius 2 is 2.00 bits per heavy atom. The van der Waals surface area contributed by atoms with Crippen molar-refractivity contribution in [2.45, 2.75) is 0 Å². The summed E-state index contributed by atoms with van der Waals surface area (Å²) in [5.74, 6) is 0.140. The van der Waals surface area contributed by atoms with E-state index in [1.165, 1.54) is 0 Å². The summed E-state index contributed by atoms with van der Waals surface area (Å²) in [5.41, 5.74) is 2.56. The van der Waals surface area contributed by atoms with E-state index < -0.39 is 0 Å². The van der Waals surface area contributed by atoms with E-state index in [1.54, 1.807) is 36.4 Å². The number of halogens is 1. The molecular weight excluding hydrogens is 224 g/mol. The van der Waals surface area contributed by atoms with E-state index in [4.69, 9.17) is 11.6 Å². The third kappa shape index (κ3) is 1.24. The SMILES string of the molecule is O=C(c1cccc(Cl)c1)c1ccc2c(O)c1-2. The molecule has 0 saturated carbocycles. The van der Waals surface area contributed by atoms with Crippen molar-refractivity contribution in [1.29, 1.82) is 0 Å². The Morgan fingerprint density at radius 1 is 1.19 bits per heavy atom. The molecule has 3 heteroatoms. The first-order valence-corrected chi connectivity index (χ1v) is 5.23.